The number of anilines is 1. The molecule has 0 aromatic heterocycles. The molecule has 1 N–H and O–H groups in total. The van der Waals surface area contributed by atoms with Crippen LogP contribution in [0.1, 0.15) is 32.6 Å². The van der Waals surface area contributed by atoms with Crippen LogP contribution in [-0.2, 0) is 0 Å². The lowest BCUT2D eigenvalue weighted by atomic mass is 10.1. The van der Waals surface area contributed by atoms with E-state index in [4.69, 9.17) is 23.8 Å². The molecule has 1 aliphatic rings. The maximum atomic E-state index is 13.1. The molecular formula is C14H18ClFN2S. The molecule has 2 nitrogen and oxygen atoms in total. The monoisotopic (exact) mass is 300 g/mol. The van der Waals surface area contributed by atoms with Gasteiger partial charge in [-0.1, -0.05) is 24.4 Å². The Morgan fingerprint density at radius 1 is 1.42 bits per heavy atom. The summed E-state index contributed by atoms with van der Waals surface area (Å²) in [6, 6.07) is 5.00. The summed E-state index contributed by atoms with van der Waals surface area (Å²) in [5.74, 6) is -0.415. The minimum Gasteiger partial charge on any atom is -0.346 e. The van der Waals surface area contributed by atoms with E-state index >= 15 is 0 Å². The van der Waals surface area contributed by atoms with Crippen LogP contribution >= 0.6 is 23.8 Å². The van der Waals surface area contributed by atoms with E-state index in [-0.39, 0.29) is 5.02 Å². The molecule has 0 spiro atoms. The van der Waals surface area contributed by atoms with E-state index in [2.05, 4.69) is 17.1 Å². The van der Waals surface area contributed by atoms with Gasteiger partial charge in [-0.3, -0.25) is 0 Å². The Kier molecular flexibility index (Phi) is 4.99. The summed E-state index contributed by atoms with van der Waals surface area (Å²) in [4.78, 5) is 2.21. The van der Waals surface area contributed by atoms with E-state index in [0.29, 0.717) is 11.2 Å². The lowest BCUT2D eigenvalue weighted by molar-refractivity contribution is 0.341. The Labute approximate surface area is 123 Å². The van der Waals surface area contributed by atoms with E-state index in [9.17, 15) is 4.39 Å². The molecule has 1 atom stereocenters. The number of nitrogens with zero attached hydrogens (tertiary/aromatic N) is 1. The summed E-state index contributed by atoms with van der Waals surface area (Å²) < 4.78 is 13.1. The third-order valence-corrected chi connectivity index (χ3v) is 4.11. The molecule has 1 saturated heterocycles. The van der Waals surface area contributed by atoms with Crippen molar-refractivity contribution in [1.29, 1.82) is 0 Å². The Balaban J connectivity index is 2.04. The fraction of sp³-hybridized carbons (Fsp3) is 0.500. The van der Waals surface area contributed by atoms with Crippen molar-refractivity contribution in [2.45, 2.75) is 38.6 Å². The molecule has 1 aromatic carbocycles. The predicted octanol–water partition coefficient (Wildman–Crippen LogP) is 4.44. The van der Waals surface area contributed by atoms with E-state index in [1.807, 2.05) is 0 Å². The van der Waals surface area contributed by atoms with Gasteiger partial charge in [0.15, 0.2) is 5.11 Å². The van der Waals surface area contributed by atoms with E-state index < -0.39 is 5.82 Å². The zero-order valence-electron chi connectivity index (χ0n) is 11.0. The highest BCUT2D eigenvalue weighted by Crippen LogP contribution is 2.21. The molecule has 2 rings (SSSR count). The minimum absolute atomic E-state index is 0.108. The predicted molar refractivity (Wildman–Crippen MR) is 82.3 cm³/mol. The van der Waals surface area contributed by atoms with Gasteiger partial charge >= 0.3 is 0 Å². The number of hydrogen-bond acceptors (Lipinski definition) is 1. The summed E-state index contributed by atoms with van der Waals surface area (Å²) in [7, 11) is 0. The van der Waals surface area contributed by atoms with Crippen molar-refractivity contribution in [2.24, 2.45) is 0 Å². The van der Waals surface area contributed by atoms with Crippen LogP contribution in [-0.4, -0.2) is 22.6 Å². The van der Waals surface area contributed by atoms with Gasteiger partial charge in [0.2, 0.25) is 0 Å². The molecule has 1 heterocycles. The maximum Gasteiger partial charge on any atom is 0.173 e. The number of nitrogens with one attached hydrogen (secondary N) is 1. The van der Waals surface area contributed by atoms with Gasteiger partial charge in [-0.05, 0) is 50.2 Å². The van der Waals surface area contributed by atoms with E-state index in [1.165, 1.54) is 18.9 Å². The first-order valence-corrected chi connectivity index (χ1v) is 7.39. The lowest BCUT2D eigenvalue weighted by Gasteiger charge is -2.30. The molecule has 1 fully saturated rings. The average molecular weight is 301 g/mol. The molecule has 1 aliphatic heterocycles. The van der Waals surface area contributed by atoms with Crippen LogP contribution in [0.25, 0.3) is 0 Å². The zero-order chi connectivity index (χ0) is 13.8. The van der Waals surface area contributed by atoms with Crippen molar-refractivity contribution in [2.75, 3.05) is 11.9 Å². The third-order valence-electron chi connectivity index (χ3n) is 3.48. The minimum atomic E-state index is -0.415. The van der Waals surface area contributed by atoms with Crippen LogP contribution in [0.4, 0.5) is 10.1 Å². The summed E-state index contributed by atoms with van der Waals surface area (Å²) >= 11 is 11.2. The van der Waals surface area contributed by atoms with Crippen LogP contribution < -0.4 is 5.32 Å². The van der Waals surface area contributed by atoms with E-state index in [1.54, 1.807) is 12.1 Å². The van der Waals surface area contributed by atoms with Crippen LogP contribution in [0, 0.1) is 5.82 Å². The number of hydrogen-bond donors (Lipinski definition) is 1. The van der Waals surface area contributed by atoms with Gasteiger partial charge in [0, 0.05) is 18.3 Å². The van der Waals surface area contributed by atoms with Crippen LogP contribution in [0.5, 0.6) is 0 Å². The van der Waals surface area contributed by atoms with Gasteiger partial charge < -0.3 is 10.2 Å². The molecule has 1 unspecified atom stereocenters. The van der Waals surface area contributed by atoms with Gasteiger partial charge in [-0.25, -0.2) is 4.39 Å². The summed E-state index contributed by atoms with van der Waals surface area (Å²) in [6.07, 6.45) is 4.83. The Hall–Kier alpha value is -0.870. The molecule has 104 valence electrons. The molecule has 5 heteroatoms. The maximum absolute atomic E-state index is 13.1. The SMILES string of the molecule is CC1CCCCCN1C(=S)Nc1ccc(F)c(Cl)c1. The second-order valence-electron chi connectivity index (χ2n) is 4.95. The van der Waals surface area contributed by atoms with Crippen molar-refractivity contribution in [3.05, 3.63) is 29.0 Å². The smallest absolute Gasteiger partial charge is 0.173 e. The highest BCUT2D eigenvalue weighted by atomic mass is 35.5. The van der Waals surface area contributed by atoms with Crippen molar-refractivity contribution < 1.29 is 4.39 Å². The summed E-state index contributed by atoms with van der Waals surface area (Å²) in [6.45, 7) is 3.17. The quantitative estimate of drug-likeness (QED) is 0.772. The van der Waals surface area contributed by atoms with Gasteiger partial charge in [0.25, 0.3) is 0 Å². The Morgan fingerprint density at radius 3 is 2.95 bits per heavy atom. The average Bonchev–Trinajstić information content (AvgIpc) is 2.58. The van der Waals surface area contributed by atoms with Gasteiger partial charge in [0.1, 0.15) is 5.82 Å². The molecule has 19 heavy (non-hydrogen) atoms. The van der Waals surface area contributed by atoms with Crippen LogP contribution in [0.15, 0.2) is 18.2 Å². The molecule has 0 radical (unpaired) electrons. The van der Waals surface area contributed by atoms with Crippen molar-refractivity contribution in [3.63, 3.8) is 0 Å². The first kappa shape index (κ1) is 14.5. The number of thiocarbonyl (C=S) groups is 1. The van der Waals surface area contributed by atoms with Gasteiger partial charge in [0.05, 0.1) is 5.02 Å². The van der Waals surface area contributed by atoms with Crippen molar-refractivity contribution in [1.82, 2.24) is 4.90 Å². The Morgan fingerprint density at radius 2 is 2.21 bits per heavy atom. The van der Waals surface area contributed by atoms with Crippen molar-refractivity contribution >= 4 is 34.6 Å². The number of benzene rings is 1. The highest BCUT2D eigenvalue weighted by Gasteiger charge is 2.19. The number of likely N-dealkylation sites (tertiary alicyclic amines) is 1. The second-order valence-corrected chi connectivity index (χ2v) is 5.74. The zero-order valence-corrected chi connectivity index (χ0v) is 12.5. The number of halogens is 2. The van der Waals surface area contributed by atoms with Gasteiger partial charge in [-0.2, -0.15) is 0 Å². The molecule has 1 aromatic rings. The van der Waals surface area contributed by atoms with E-state index in [0.717, 1.165) is 25.1 Å². The third kappa shape index (κ3) is 3.80. The molecule has 0 aliphatic carbocycles. The van der Waals surface area contributed by atoms with Crippen LogP contribution in [0.3, 0.4) is 0 Å². The highest BCUT2D eigenvalue weighted by molar-refractivity contribution is 7.80. The fourth-order valence-corrected chi connectivity index (χ4v) is 2.92. The molecular weight excluding hydrogens is 283 g/mol. The van der Waals surface area contributed by atoms with Gasteiger partial charge in [-0.15, -0.1) is 0 Å². The van der Waals surface area contributed by atoms with Crippen LogP contribution in [0.2, 0.25) is 5.02 Å². The molecule has 0 amide bonds. The summed E-state index contributed by atoms with van der Waals surface area (Å²) in [5.41, 5.74) is 0.729. The summed E-state index contributed by atoms with van der Waals surface area (Å²) in [5, 5.41) is 3.94. The normalized spacial score (nSPS) is 19.9. The standard InChI is InChI=1S/C14H18ClFN2S/c1-10-5-3-2-4-8-18(10)14(19)17-11-6-7-13(16)12(15)9-11/h6-7,9-10H,2-5,8H2,1H3,(H,17,19). The van der Waals surface area contributed by atoms with Crippen molar-refractivity contribution in [3.8, 4) is 0 Å². The molecule has 0 saturated carbocycles. The number of rotatable bonds is 1. The largest absolute Gasteiger partial charge is 0.346 e. The first-order chi connectivity index (χ1) is 9.08. The topological polar surface area (TPSA) is 15.3 Å². The second kappa shape index (κ2) is 6.53. The molecule has 0 bridgehead atoms. The fourth-order valence-electron chi connectivity index (χ4n) is 2.35. The Bertz CT molecular complexity index is 467. The first-order valence-electron chi connectivity index (χ1n) is 6.60. The lowest BCUT2D eigenvalue weighted by Crippen LogP contribution is -2.40.